The van der Waals surface area contributed by atoms with Crippen molar-refractivity contribution in [3.05, 3.63) is 28.8 Å². The van der Waals surface area contributed by atoms with Crippen molar-refractivity contribution in [2.24, 2.45) is 11.7 Å². The molecule has 0 saturated heterocycles. The molecule has 0 aromatic heterocycles. The fourth-order valence-corrected chi connectivity index (χ4v) is 3.67. The average molecular weight is 343 g/mol. The number of halogens is 4. The second kappa shape index (κ2) is 5.75. The van der Waals surface area contributed by atoms with Gasteiger partial charge in [0.15, 0.2) is 0 Å². The summed E-state index contributed by atoms with van der Waals surface area (Å²) in [4.78, 5) is -0.513. The van der Waals surface area contributed by atoms with Crippen molar-refractivity contribution >= 4 is 21.6 Å². The summed E-state index contributed by atoms with van der Waals surface area (Å²) < 4.78 is 64.8. The van der Waals surface area contributed by atoms with Crippen LogP contribution in [0.5, 0.6) is 0 Å². The van der Waals surface area contributed by atoms with Gasteiger partial charge in [0.1, 0.15) is 0 Å². The highest BCUT2D eigenvalue weighted by Gasteiger charge is 2.35. The summed E-state index contributed by atoms with van der Waals surface area (Å²) in [7, 11) is -4.10. The number of rotatable bonds is 5. The molecular weight excluding hydrogens is 329 g/mol. The molecule has 1 aliphatic rings. The monoisotopic (exact) mass is 342 g/mol. The highest BCUT2D eigenvalue weighted by Crippen LogP contribution is 2.35. The predicted octanol–water partition coefficient (Wildman–Crippen LogP) is 2.37. The van der Waals surface area contributed by atoms with Crippen molar-refractivity contribution in [2.45, 2.75) is 30.0 Å². The van der Waals surface area contributed by atoms with Crippen LogP contribution in [0.4, 0.5) is 13.2 Å². The number of alkyl halides is 3. The van der Waals surface area contributed by atoms with Crippen LogP contribution in [0.25, 0.3) is 0 Å². The van der Waals surface area contributed by atoms with Gasteiger partial charge in [0.05, 0.1) is 10.5 Å². The molecular formula is C12H14ClF3N2O2S. The molecule has 0 heterocycles. The molecule has 0 radical (unpaired) electrons. The van der Waals surface area contributed by atoms with Gasteiger partial charge in [0.2, 0.25) is 10.0 Å². The molecule has 1 saturated carbocycles. The van der Waals surface area contributed by atoms with Gasteiger partial charge < -0.3 is 5.73 Å². The van der Waals surface area contributed by atoms with E-state index in [2.05, 4.69) is 4.72 Å². The lowest BCUT2D eigenvalue weighted by Crippen LogP contribution is -2.41. The molecule has 1 aromatic rings. The fourth-order valence-electron chi connectivity index (χ4n) is 1.98. The minimum atomic E-state index is -4.67. The molecule has 0 amide bonds. The Kier molecular flexibility index (Phi) is 4.53. The van der Waals surface area contributed by atoms with Crippen molar-refractivity contribution in [1.82, 2.24) is 4.72 Å². The summed E-state index contributed by atoms with van der Waals surface area (Å²) >= 11 is 5.59. The van der Waals surface area contributed by atoms with E-state index < -0.39 is 32.7 Å². The first-order valence-electron chi connectivity index (χ1n) is 6.23. The van der Waals surface area contributed by atoms with Crippen molar-refractivity contribution in [1.29, 1.82) is 0 Å². The van der Waals surface area contributed by atoms with Crippen LogP contribution in [0, 0.1) is 5.92 Å². The van der Waals surface area contributed by atoms with E-state index in [1.54, 1.807) is 0 Å². The molecule has 2 rings (SSSR count). The Hall–Kier alpha value is -0.830. The zero-order valence-corrected chi connectivity index (χ0v) is 12.4. The highest BCUT2D eigenvalue weighted by molar-refractivity contribution is 7.89. The van der Waals surface area contributed by atoms with Gasteiger partial charge in [0, 0.05) is 17.6 Å². The Bertz CT molecular complexity index is 630. The van der Waals surface area contributed by atoms with Crippen LogP contribution in [0.3, 0.4) is 0 Å². The minimum Gasteiger partial charge on any atom is -0.329 e. The van der Waals surface area contributed by atoms with Gasteiger partial charge >= 0.3 is 6.18 Å². The van der Waals surface area contributed by atoms with Crippen LogP contribution in [-0.4, -0.2) is 21.0 Å². The third kappa shape index (κ3) is 4.09. The van der Waals surface area contributed by atoms with Crippen LogP contribution >= 0.6 is 11.6 Å². The molecule has 4 nitrogen and oxygen atoms in total. The van der Waals surface area contributed by atoms with Crippen molar-refractivity contribution < 1.29 is 21.6 Å². The van der Waals surface area contributed by atoms with E-state index in [0.717, 1.165) is 18.9 Å². The maximum absolute atomic E-state index is 12.7. The number of nitrogens with one attached hydrogen (secondary N) is 1. The van der Waals surface area contributed by atoms with Gasteiger partial charge in [-0.15, -0.1) is 0 Å². The van der Waals surface area contributed by atoms with Crippen LogP contribution in [0.15, 0.2) is 23.1 Å². The first-order chi connectivity index (χ1) is 9.63. The van der Waals surface area contributed by atoms with Crippen LogP contribution in [-0.2, 0) is 16.2 Å². The molecule has 0 aliphatic heterocycles. The Morgan fingerprint density at radius 2 is 1.95 bits per heavy atom. The first-order valence-corrected chi connectivity index (χ1v) is 8.10. The zero-order valence-electron chi connectivity index (χ0n) is 10.8. The van der Waals surface area contributed by atoms with Crippen LogP contribution in [0.1, 0.15) is 18.4 Å². The third-order valence-electron chi connectivity index (χ3n) is 3.26. The fraction of sp³-hybridized carbons (Fsp3) is 0.500. The normalized spacial score (nSPS) is 17.8. The number of benzene rings is 1. The Morgan fingerprint density at radius 1 is 1.33 bits per heavy atom. The molecule has 1 aromatic carbocycles. The van der Waals surface area contributed by atoms with E-state index in [0.29, 0.717) is 12.1 Å². The second-order valence-electron chi connectivity index (χ2n) is 4.97. The van der Waals surface area contributed by atoms with Gasteiger partial charge in [-0.05, 0) is 37.0 Å². The minimum absolute atomic E-state index is 0.0938. The van der Waals surface area contributed by atoms with Gasteiger partial charge in [-0.3, -0.25) is 0 Å². The summed E-state index contributed by atoms with van der Waals surface area (Å²) in [5.41, 5.74) is 4.39. The number of nitrogens with two attached hydrogens (primary N) is 1. The summed E-state index contributed by atoms with van der Waals surface area (Å²) in [6.45, 7) is 0.0938. The molecule has 9 heteroatoms. The lowest BCUT2D eigenvalue weighted by Gasteiger charge is -2.17. The molecule has 118 valence electrons. The summed E-state index contributed by atoms with van der Waals surface area (Å²) in [6, 6.07) is 1.76. The lowest BCUT2D eigenvalue weighted by atomic mass is 10.2. The molecule has 1 aliphatic carbocycles. The summed E-state index contributed by atoms with van der Waals surface area (Å²) in [5, 5.41) is -0.291. The maximum Gasteiger partial charge on any atom is 0.416 e. The number of hydrogen-bond donors (Lipinski definition) is 2. The highest BCUT2D eigenvalue weighted by atomic mass is 35.5. The van der Waals surface area contributed by atoms with E-state index in [4.69, 9.17) is 17.3 Å². The zero-order chi connectivity index (χ0) is 15.8. The Labute approximate surface area is 125 Å². The Morgan fingerprint density at radius 3 is 2.43 bits per heavy atom. The van der Waals surface area contributed by atoms with E-state index in [9.17, 15) is 21.6 Å². The van der Waals surface area contributed by atoms with E-state index in [1.807, 2.05) is 0 Å². The van der Waals surface area contributed by atoms with E-state index in [1.165, 1.54) is 0 Å². The molecule has 1 unspecified atom stereocenters. The van der Waals surface area contributed by atoms with Crippen molar-refractivity contribution in [3.63, 3.8) is 0 Å². The number of hydrogen-bond acceptors (Lipinski definition) is 3. The topological polar surface area (TPSA) is 72.2 Å². The second-order valence-corrected chi connectivity index (χ2v) is 7.12. The van der Waals surface area contributed by atoms with Gasteiger partial charge in [-0.25, -0.2) is 13.1 Å². The maximum atomic E-state index is 12.7. The van der Waals surface area contributed by atoms with Gasteiger partial charge in [-0.1, -0.05) is 11.6 Å². The third-order valence-corrected chi connectivity index (χ3v) is 4.95. The quantitative estimate of drug-likeness (QED) is 0.863. The molecule has 3 N–H and O–H groups in total. The van der Waals surface area contributed by atoms with Crippen LogP contribution in [0.2, 0.25) is 5.02 Å². The number of sulfonamides is 1. The molecule has 1 atom stereocenters. The molecule has 1 fully saturated rings. The standard InChI is InChI=1S/C12H14ClF3N2O2S/c13-9-3-8(12(14,15)16)4-10(5-9)21(19,20)18-11(6-17)7-1-2-7/h3-5,7,11,18H,1-2,6,17H2. The van der Waals surface area contributed by atoms with Gasteiger partial charge in [-0.2, -0.15) is 13.2 Å². The molecule has 0 bridgehead atoms. The molecule has 21 heavy (non-hydrogen) atoms. The SMILES string of the molecule is NCC(NS(=O)(=O)c1cc(Cl)cc(C(F)(F)F)c1)C1CC1. The Balaban J connectivity index is 2.33. The van der Waals surface area contributed by atoms with E-state index in [-0.39, 0.29) is 17.5 Å². The first kappa shape index (κ1) is 16.5. The smallest absolute Gasteiger partial charge is 0.329 e. The van der Waals surface area contributed by atoms with Gasteiger partial charge in [0.25, 0.3) is 0 Å². The molecule has 0 spiro atoms. The van der Waals surface area contributed by atoms with Crippen molar-refractivity contribution in [2.75, 3.05) is 6.54 Å². The average Bonchev–Trinajstić information content (AvgIpc) is 3.18. The summed E-state index contributed by atoms with van der Waals surface area (Å²) in [5.74, 6) is 0.144. The lowest BCUT2D eigenvalue weighted by molar-refractivity contribution is -0.137. The van der Waals surface area contributed by atoms with Crippen molar-refractivity contribution in [3.8, 4) is 0 Å². The van der Waals surface area contributed by atoms with E-state index >= 15 is 0 Å². The predicted molar refractivity (Wildman–Crippen MR) is 72.3 cm³/mol. The largest absolute Gasteiger partial charge is 0.416 e. The summed E-state index contributed by atoms with van der Waals surface area (Å²) in [6.07, 6.45) is -2.96. The van der Waals surface area contributed by atoms with Crippen LogP contribution < -0.4 is 10.5 Å².